The number of aryl methyl sites for hydroxylation is 2. The van der Waals surface area contributed by atoms with Crippen LogP contribution in [0.1, 0.15) is 49.9 Å². The Morgan fingerprint density at radius 1 is 1.09 bits per heavy atom. The molecule has 23 heavy (non-hydrogen) atoms. The second kappa shape index (κ2) is 5.22. The fourth-order valence-electron chi connectivity index (χ4n) is 5.88. The molecule has 4 aliphatic carbocycles. The molecule has 1 aromatic heterocycles. The Hall–Kier alpha value is -1.58. The van der Waals surface area contributed by atoms with E-state index in [9.17, 15) is 9.59 Å². The fraction of sp³-hybridized carbons (Fsp3) is 0.684. The summed E-state index contributed by atoms with van der Waals surface area (Å²) < 4.78 is 1.94. The molecule has 1 N–H and O–H groups in total. The van der Waals surface area contributed by atoms with Crippen molar-refractivity contribution in [1.82, 2.24) is 9.88 Å². The standard InChI is InChI=1S/C19H26N2O2/c1-12-3-17(22)4-13(2)21(12)11-18(23)20-19-8-14-5-15(9-19)7-16(6-14)10-19/h3-4,14-16H,5-11H2,1-2H3,(H,20,23). The number of pyridine rings is 1. The molecule has 4 heteroatoms. The minimum Gasteiger partial charge on any atom is -0.349 e. The fourth-order valence-corrected chi connectivity index (χ4v) is 5.88. The molecule has 0 unspecified atom stereocenters. The van der Waals surface area contributed by atoms with Crippen LogP contribution in [0.15, 0.2) is 16.9 Å². The summed E-state index contributed by atoms with van der Waals surface area (Å²) in [5, 5.41) is 3.40. The normalized spacial score (nSPS) is 34.6. The molecule has 5 rings (SSSR count). The Morgan fingerprint density at radius 3 is 2.04 bits per heavy atom. The van der Waals surface area contributed by atoms with Gasteiger partial charge in [-0.2, -0.15) is 0 Å². The first-order valence-corrected chi connectivity index (χ1v) is 8.91. The van der Waals surface area contributed by atoms with Gasteiger partial charge in [0.05, 0.1) is 0 Å². The Morgan fingerprint density at radius 2 is 1.57 bits per heavy atom. The highest BCUT2D eigenvalue weighted by Crippen LogP contribution is 2.55. The van der Waals surface area contributed by atoms with Crippen LogP contribution >= 0.6 is 0 Å². The van der Waals surface area contributed by atoms with E-state index in [1.165, 1.54) is 38.5 Å². The molecule has 1 heterocycles. The van der Waals surface area contributed by atoms with Crippen molar-refractivity contribution >= 4 is 5.91 Å². The van der Waals surface area contributed by atoms with Crippen LogP contribution in [0.3, 0.4) is 0 Å². The molecule has 1 aromatic rings. The molecule has 0 spiro atoms. The van der Waals surface area contributed by atoms with Gasteiger partial charge in [0.2, 0.25) is 5.91 Å². The highest BCUT2D eigenvalue weighted by molar-refractivity contribution is 5.77. The number of hydrogen-bond acceptors (Lipinski definition) is 2. The third-order valence-corrected chi connectivity index (χ3v) is 6.30. The number of aromatic nitrogens is 1. The van der Waals surface area contributed by atoms with Gasteiger partial charge in [-0.3, -0.25) is 9.59 Å². The third kappa shape index (κ3) is 2.73. The van der Waals surface area contributed by atoms with Gasteiger partial charge in [0.15, 0.2) is 5.43 Å². The van der Waals surface area contributed by atoms with E-state index in [-0.39, 0.29) is 16.9 Å². The molecular weight excluding hydrogens is 288 g/mol. The molecular formula is C19H26N2O2. The van der Waals surface area contributed by atoms with Crippen molar-refractivity contribution in [3.63, 3.8) is 0 Å². The molecule has 4 saturated carbocycles. The maximum atomic E-state index is 12.7. The summed E-state index contributed by atoms with van der Waals surface area (Å²) in [7, 11) is 0. The van der Waals surface area contributed by atoms with Crippen molar-refractivity contribution in [3.05, 3.63) is 33.7 Å². The van der Waals surface area contributed by atoms with E-state index in [4.69, 9.17) is 0 Å². The number of carbonyl (C=O) groups is 1. The van der Waals surface area contributed by atoms with Crippen molar-refractivity contribution in [2.75, 3.05) is 0 Å². The van der Waals surface area contributed by atoms with Crippen LogP contribution in [0.4, 0.5) is 0 Å². The van der Waals surface area contributed by atoms with E-state index in [2.05, 4.69) is 5.32 Å². The van der Waals surface area contributed by atoms with Gasteiger partial charge in [-0.05, 0) is 70.1 Å². The summed E-state index contributed by atoms with van der Waals surface area (Å²) in [5.74, 6) is 2.59. The van der Waals surface area contributed by atoms with Crippen molar-refractivity contribution in [2.24, 2.45) is 17.8 Å². The predicted octanol–water partition coefficient (Wildman–Crippen LogP) is 2.55. The summed E-state index contributed by atoms with van der Waals surface area (Å²) >= 11 is 0. The van der Waals surface area contributed by atoms with Crippen molar-refractivity contribution in [1.29, 1.82) is 0 Å². The zero-order valence-electron chi connectivity index (χ0n) is 14.1. The highest BCUT2D eigenvalue weighted by atomic mass is 16.2. The van der Waals surface area contributed by atoms with Gasteiger partial charge in [-0.15, -0.1) is 0 Å². The zero-order chi connectivity index (χ0) is 16.2. The Kier molecular flexibility index (Phi) is 3.40. The van der Waals surface area contributed by atoms with E-state index in [0.717, 1.165) is 29.1 Å². The van der Waals surface area contributed by atoms with Crippen molar-refractivity contribution in [2.45, 2.75) is 64.5 Å². The maximum absolute atomic E-state index is 12.7. The van der Waals surface area contributed by atoms with E-state index >= 15 is 0 Å². The number of nitrogens with one attached hydrogen (secondary N) is 1. The summed E-state index contributed by atoms with van der Waals surface area (Å²) in [6.07, 6.45) is 7.67. The third-order valence-electron chi connectivity index (χ3n) is 6.30. The first kappa shape index (κ1) is 15.0. The Labute approximate surface area is 137 Å². The molecule has 124 valence electrons. The van der Waals surface area contributed by atoms with Gasteiger partial charge in [0.1, 0.15) is 6.54 Å². The van der Waals surface area contributed by atoms with E-state index in [0.29, 0.717) is 6.54 Å². The Bertz CT molecular complexity index is 642. The molecule has 0 aromatic carbocycles. The predicted molar refractivity (Wildman–Crippen MR) is 89.2 cm³/mol. The molecule has 0 aliphatic heterocycles. The number of nitrogens with zero attached hydrogens (tertiary/aromatic N) is 1. The lowest BCUT2D eigenvalue weighted by molar-refractivity contribution is -0.127. The molecule has 4 aliphatic rings. The van der Waals surface area contributed by atoms with Gasteiger partial charge >= 0.3 is 0 Å². The van der Waals surface area contributed by atoms with Crippen molar-refractivity contribution < 1.29 is 4.79 Å². The number of rotatable bonds is 3. The molecule has 0 radical (unpaired) electrons. The largest absolute Gasteiger partial charge is 0.349 e. The van der Waals surface area contributed by atoms with Gasteiger partial charge in [0.25, 0.3) is 0 Å². The highest BCUT2D eigenvalue weighted by Gasteiger charge is 2.51. The van der Waals surface area contributed by atoms with Crippen LogP contribution in [0.25, 0.3) is 0 Å². The second-order valence-corrected chi connectivity index (χ2v) is 8.31. The van der Waals surface area contributed by atoms with Crippen LogP contribution in [0.2, 0.25) is 0 Å². The summed E-state index contributed by atoms with van der Waals surface area (Å²) in [6, 6.07) is 3.20. The summed E-state index contributed by atoms with van der Waals surface area (Å²) in [6.45, 7) is 4.11. The maximum Gasteiger partial charge on any atom is 0.240 e. The second-order valence-electron chi connectivity index (χ2n) is 8.31. The Balaban J connectivity index is 1.50. The molecule has 4 bridgehead atoms. The van der Waals surface area contributed by atoms with Gasteiger partial charge in [-0.1, -0.05) is 0 Å². The summed E-state index contributed by atoms with van der Waals surface area (Å²) in [5.41, 5.74) is 1.79. The van der Waals surface area contributed by atoms with Crippen LogP contribution < -0.4 is 10.7 Å². The number of carbonyl (C=O) groups excluding carboxylic acids is 1. The lowest BCUT2D eigenvalue weighted by atomic mass is 9.53. The van der Waals surface area contributed by atoms with Crippen LogP contribution in [-0.4, -0.2) is 16.0 Å². The lowest BCUT2D eigenvalue weighted by Crippen LogP contribution is -2.60. The minimum atomic E-state index is 0.0118. The topological polar surface area (TPSA) is 51.1 Å². The van der Waals surface area contributed by atoms with E-state index < -0.39 is 0 Å². The van der Waals surface area contributed by atoms with Gasteiger partial charge in [0, 0.05) is 29.1 Å². The van der Waals surface area contributed by atoms with Crippen LogP contribution in [-0.2, 0) is 11.3 Å². The number of amides is 1. The molecule has 0 saturated heterocycles. The number of hydrogen-bond donors (Lipinski definition) is 1. The zero-order valence-corrected chi connectivity index (χ0v) is 14.1. The van der Waals surface area contributed by atoms with Crippen LogP contribution in [0, 0.1) is 31.6 Å². The van der Waals surface area contributed by atoms with Gasteiger partial charge in [-0.25, -0.2) is 0 Å². The first-order chi connectivity index (χ1) is 10.9. The molecule has 0 atom stereocenters. The van der Waals surface area contributed by atoms with Crippen molar-refractivity contribution in [3.8, 4) is 0 Å². The SMILES string of the molecule is Cc1cc(=O)cc(C)n1CC(=O)NC12CC3CC(CC(C3)C1)C2. The first-order valence-electron chi connectivity index (χ1n) is 8.91. The lowest BCUT2D eigenvalue weighted by Gasteiger charge is -2.56. The molecule has 4 nitrogen and oxygen atoms in total. The smallest absolute Gasteiger partial charge is 0.240 e. The minimum absolute atomic E-state index is 0.0118. The summed E-state index contributed by atoms with van der Waals surface area (Å²) in [4.78, 5) is 24.2. The molecule has 1 amide bonds. The average molecular weight is 314 g/mol. The quantitative estimate of drug-likeness (QED) is 0.932. The molecule has 4 fully saturated rings. The van der Waals surface area contributed by atoms with E-state index in [1.807, 2.05) is 18.4 Å². The van der Waals surface area contributed by atoms with Gasteiger partial charge < -0.3 is 9.88 Å². The van der Waals surface area contributed by atoms with E-state index in [1.54, 1.807) is 12.1 Å². The monoisotopic (exact) mass is 314 g/mol. The van der Waals surface area contributed by atoms with Crippen LogP contribution in [0.5, 0.6) is 0 Å². The average Bonchev–Trinajstić information content (AvgIpc) is 2.40.